The number of benzene rings is 1. The van der Waals surface area contributed by atoms with Crippen LogP contribution in [0.2, 0.25) is 0 Å². The monoisotopic (exact) mass is 399 g/mol. The van der Waals surface area contributed by atoms with E-state index < -0.39 is 34.4 Å². The largest absolute Gasteiger partial charge is 0.480 e. The first-order valence-corrected chi connectivity index (χ1v) is 9.01. The summed E-state index contributed by atoms with van der Waals surface area (Å²) in [5, 5.41) is 0. The van der Waals surface area contributed by atoms with Gasteiger partial charge in [0.25, 0.3) is 11.8 Å². The zero-order chi connectivity index (χ0) is 17.1. The van der Waals surface area contributed by atoms with Crippen LogP contribution in [-0.2, 0) is 20.7 Å². The lowest BCUT2D eigenvalue weighted by Gasteiger charge is -2.21. The topological polar surface area (TPSA) is 72.5 Å². The van der Waals surface area contributed by atoms with Crippen molar-refractivity contribution in [3.8, 4) is 5.75 Å². The number of nitrogens with one attached hydrogen (secondary N) is 1. The summed E-state index contributed by atoms with van der Waals surface area (Å²) in [7, 11) is -3.75. The Morgan fingerprint density at radius 1 is 1.45 bits per heavy atom. The number of hydrogen-bond donors (Lipinski definition) is 1. The average Bonchev–Trinajstić information content (AvgIpc) is 2.38. The van der Waals surface area contributed by atoms with E-state index >= 15 is 0 Å². The first-order chi connectivity index (χ1) is 9.96. The SMILES string of the molecule is CCC(F)(F)c1cc(Br)ccc1O[C@@H](C)C(=O)NS(C)(=O)=O. The zero-order valence-corrected chi connectivity index (χ0v) is 14.6. The van der Waals surface area contributed by atoms with Crippen molar-refractivity contribution in [2.24, 2.45) is 0 Å². The van der Waals surface area contributed by atoms with Crippen LogP contribution < -0.4 is 9.46 Å². The molecule has 0 aromatic heterocycles. The van der Waals surface area contributed by atoms with Gasteiger partial charge in [0.05, 0.1) is 11.8 Å². The van der Waals surface area contributed by atoms with Gasteiger partial charge >= 0.3 is 0 Å². The molecule has 1 aromatic carbocycles. The predicted octanol–water partition coefficient (Wildman–Crippen LogP) is 2.79. The van der Waals surface area contributed by atoms with E-state index in [1.807, 2.05) is 0 Å². The minimum Gasteiger partial charge on any atom is -0.480 e. The Bertz CT molecular complexity index is 664. The second kappa shape index (κ2) is 6.91. The lowest BCUT2D eigenvalue weighted by molar-refractivity contribution is -0.125. The number of alkyl halides is 2. The van der Waals surface area contributed by atoms with E-state index in [1.165, 1.54) is 32.0 Å². The lowest BCUT2D eigenvalue weighted by atomic mass is 10.1. The van der Waals surface area contributed by atoms with E-state index in [9.17, 15) is 22.0 Å². The van der Waals surface area contributed by atoms with Gasteiger partial charge in [0.2, 0.25) is 10.0 Å². The highest BCUT2D eigenvalue weighted by Gasteiger charge is 2.33. The van der Waals surface area contributed by atoms with Crippen LogP contribution in [0.5, 0.6) is 5.75 Å². The molecule has 0 aliphatic carbocycles. The van der Waals surface area contributed by atoms with Gasteiger partial charge in [-0.3, -0.25) is 9.52 Å². The highest BCUT2D eigenvalue weighted by Crippen LogP contribution is 2.39. The third kappa shape index (κ3) is 5.20. The molecule has 9 heteroatoms. The molecule has 1 N–H and O–H groups in total. The van der Waals surface area contributed by atoms with Gasteiger partial charge in [-0.15, -0.1) is 0 Å². The lowest BCUT2D eigenvalue weighted by Crippen LogP contribution is -2.39. The smallest absolute Gasteiger partial charge is 0.276 e. The fourth-order valence-corrected chi connectivity index (χ4v) is 2.48. The summed E-state index contributed by atoms with van der Waals surface area (Å²) >= 11 is 3.11. The maximum Gasteiger partial charge on any atom is 0.276 e. The second-order valence-electron chi connectivity index (χ2n) is 4.70. The number of sulfonamides is 1. The molecule has 0 heterocycles. The van der Waals surface area contributed by atoms with Crippen molar-refractivity contribution in [3.63, 3.8) is 0 Å². The van der Waals surface area contributed by atoms with Gasteiger partial charge in [-0.05, 0) is 25.1 Å². The van der Waals surface area contributed by atoms with Gasteiger partial charge in [0.1, 0.15) is 5.75 Å². The molecule has 5 nitrogen and oxygen atoms in total. The Balaban J connectivity index is 3.06. The molecule has 0 unspecified atom stereocenters. The maximum absolute atomic E-state index is 14.0. The van der Waals surface area contributed by atoms with Gasteiger partial charge in [0.15, 0.2) is 6.10 Å². The molecule has 0 saturated heterocycles. The molecule has 1 rings (SSSR count). The number of carbonyl (C=O) groups is 1. The average molecular weight is 400 g/mol. The molecule has 0 radical (unpaired) electrons. The third-order valence-corrected chi connectivity index (χ3v) is 3.80. The Morgan fingerprint density at radius 3 is 2.55 bits per heavy atom. The molecular formula is C13H16BrF2NO4S. The number of carbonyl (C=O) groups excluding carboxylic acids is 1. The van der Waals surface area contributed by atoms with E-state index in [1.54, 1.807) is 4.72 Å². The Hall–Kier alpha value is -1.22. The molecule has 0 fully saturated rings. The minimum atomic E-state index is -3.75. The highest BCUT2D eigenvalue weighted by molar-refractivity contribution is 9.10. The summed E-state index contributed by atoms with van der Waals surface area (Å²) in [6.45, 7) is 2.60. The molecule has 0 spiro atoms. The quantitative estimate of drug-likeness (QED) is 0.797. The van der Waals surface area contributed by atoms with Crippen molar-refractivity contribution in [1.29, 1.82) is 0 Å². The summed E-state index contributed by atoms with van der Waals surface area (Å²) in [4.78, 5) is 11.6. The van der Waals surface area contributed by atoms with Crippen LogP contribution in [0.1, 0.15) is 25.8 Å². The molecule has 0 saturated carbocycles. The summed E-state index contributed by atoms with van der Waals surface area (Å²) < 4.78 is 57.3. The number of halogens is 3. The van der Waals surface area contributed by atoms with E-state index in [0.29, 0.717) is 4.47 Å². The summed E-state index contributed by atoms with van der Waals surface area (Å²) in [6, 6.07) is 4.00. The minimum absolute atomic E-state index is 0.175. The number of amides is 1. The normalized spacial score (nSPS) is 13.5. The van der Waals surface area contributed by atoms with Gasteiger partial charge in [-0.1, -0.05) is 22.9 Å². The van der Waals surface area contributed by atoms with Gasteiger partial charge in [-0.2, -0.15) is 0 Å². The third-order valence-electron chi connectivity index (χ3n) is 2.74. The van der Waals surface area contributed by atoms with Crippen LogP contribution >= 0.6 is 15.9 Å². The van der Waals surface area contributed by atoms with Crippen molar-refractivity contribution >= 4 is 31.9 Å². The van der Waals surface area contributed by atoms with E-state index in [2.05, 4.69) is 15.9 Å². The van der Waals surface area contributed by atoms with Gasteiger partial charge in [-0.25, -0.2) is 17.2 Å². The van der Waals surface area contributed by atoms with E-state index in [-0.39, 0.29) is 11.3 Å². The molecule has 1 atom stereocenters. The maximum atomic E-state index is 14.0. The van der Waals surface area contributed by atoms with Crippen molar-refractivity contribution in [3.05, 3.63) is 28.2 Å². The number of ether oxygens (including phenoxy) is 1. The standard InChI is InChI=1S/C13H16BrF2NO4S/c1-4-13(15,16)10-7-9(14)5-6-11(10)21-8(2)12(18)17-22(3,19)20/h5-8H,4H2,1-3H3,(H,17,18)/t8-/m0/s1. The molecule has 0 aliphatic heterocycles. The van der Waals surface area contributed by atoms with Crippen LogP contribution in [0.4, 0.5) is 8.78 Å². The Kier molecular flexibility index (Phi) is 5.91. The first-order valence-electron chi connectivity index (χ1n) is 6.32. The van der Waals surface area contributed by atoms with Gasteiger partial charge < -0.3 is 4.74 Å². The van der Waals surface area contributed by atoms with Crippen LogP contribution in [0.15, 0.2) is 22.7 Å². The molecular weight excluding hydrogens is 384 g/mol. The molecule has 0 bridgehead atoms. The summed E-state index contributed by atoms with van der Waals surface area (Å²) in [6.07, 6.45) is -0.875. The fourth-order valence-electron chi connectivity index (χ4n) is 1.59. The number of rotatable bonds is 6. The van der Waals surface area contributed by atoms with Crippen LogP contribution in [-0.4, -0.2) is 26.7 Å². The van der Waals surface area contributed by atoms with Crippen LogP contribution in [0, 0.1) is 0 Å². The molecule has 1 aromatic rings. The Labute approximate surface area is 136 Å². The van der Waals surface area contributed by atoms with Crippen LogP contribution in [0.25, 0.3) is 0 Å². The number of hydrogen-bond acceptors (Lipinski definition) is 4. The highest BCUT2D eigenvalue weighted by atomic mass is 79.9. The van der Waals surface area contributed by atoms with Crippen molar-refractivity contribution < 1.29 is 26.7 Å². The van der Waals surface area contributed by atoms with Crippen molar-refractivity contribution in [2.45, 2.75) is 32.3 Å². The first kappa shape index (κ1) is 18.8. The van der Waals surface area contributed by atoms with E-state index in [4.69, 9.17) is 4.74 Å². The van der Waals surface area contributed by atoms with Crippen LogP contribution in [0.3, 0.4) is 0 Å². The summed E-state index contributed by atoms with van der Waals surface area (Å²) in [5.41, 5.74) is -0.372. The predicted molar refractivity (Wildman–Crippen MR) is 81.4 cm³/mol. The summed E-state index contributed by atoms with van der Waals surface area (Å²) in [5.74, 6) is -4.24. The molecule has 1 amide bonds. The zero-order valence-electron chi connectivity index (χ0n) is 12.2. The van der Waals surface area contributed by atoms with Gasteiger partial charge in [0, 0.05) is 10.9 Å². The molecule has 0 aliphatic rings. The van der Waals surface area contributed by atoms with Crippen molar-refractivity contribution in [2.75, 3.05) is 6.26 Å². The van der Waals surface area contributed by atoms with E-state index in [0.717, 1.165) is 6.26 Å². The molecule has 22 heavy (non-hydrogen) atoms. The fraction of sp³-hybridized carbons (Fsp3) is 0.462. The Morgan fingerprint density at radius 2 is 2.05 bits per heavy atom. The molecule has 124 valence electrons. The van der Waals surface area contributed by atoms with Crippen molar-refractivity contribution in [1.82, 2.24) is 4.72 Å². The second-order valence-corrected chi connectivity index (χ2v) is 7.36.